The second-order valence-corrected chi connectivity index (χ2v) is 5.72. The van der Waals surface area contributed by atoms with Gasteiger partial charge in [-0.3, -0.25) is 9.48 Å². The van der Waals surface area contributed by atoms with Crippen molar-refractivity contribution in [1.29, 1.82) is 0 Å². The Morgan fingerprint density at radius 3 is 2.88 bits per heavy atom. The van der Waals surface area contributed by atoms with E-state index >= 15 is 0 Å². The van der Waals surface area contributed by atoms with Crippen molar-refractivity contribution < 1.29 is 9.53 Å². The van der Waals surface area contributed by atoms with Gasteiger partial charge in [0.15, 0.2) is 0 Å². The Balaban J connectivity index is 2.22. The highest BCUT2D eigenvalue weighted by Crippen LogP contribution is 2.16. The Kier molecular flexibility index (Phi) is 6.18. The quantitative estimate of drug-likeness (QED) is 0.700. The average Bonchev–Trinajstić information content (AvgIpc) is 2.95. The van der Waals surface area contributed by atoms with Gasteiger partial charge in [-0.2, -0.15) is 5.10 Å². The van der Waals surface area contributed by atoms with Gasteiger partial charge in [-0.05, 0) is 30.2 Å². The molecule has 128 valence electrons. The Hall–Kier alpha value is -2.56. The highest BCUT2D eigenvalue weighted by molar-refractivity contribution is 5.92. The highest BCUT2D eigenvalue weighted by atomic mass is 16.5. The molecule has 1 aromatic carbocycles. The third kappa shape index (κ3) is 4.25. The van der Waals surface area contributed by atoms with Crippen molar-refractivity contribution in [2.75, 3.05) is 13.7 Å². The molecule has 0 atom stereocenters. The van der Waals surface area contributed by atoms with Crippen LogP contribution in [0.1, 0.15) is 35.1 Å². The number of carbonyl (C=O) groups excluding carboxylic acids is 1. The van der Waals surface area contributed by atoms with Crippen molar-refractivity contribution in [1.82, 2.24) is 14.7 Å². The Bertz CT molecular complexity index is 706. The number of benzene rings is 1. The van der Waals surface area contributed by atoms with Gasteiger partial charge >= 0.3 is 0 Å². The number of rotatable bonds is 8. The smallest absolute Gasteiger partial charge is 0.272 e. The number of methoxy groups -OCH3 is 1. The van der Waals surface area contributed by atoms with Gasteiger partial charge < -0.3 is 9.64 Å². The molecule has 0 unspecified atom stereocenters. The molecule has 1 aromatic heterocycles. The maximum Gasteiger partial charge on any atom is 0.272 e. The van der Waals surface area contributed by atoms with Crippen LogP contribution in [0.15, 0.2) is 43.0 Å². The molecule has 0 radical (unpaired) electrons. The van der Waals surface area contributed by atoms with Crippen LogP contribution < -0.4 is 4.74 Å². The zero-order valence-electron chi connectivity index (χ0n) is 14.7. The third-order valence-electron chi connectivity index (χ3n) is 3.80. The van der Waals surface area contributed by atoms with Crippen molar-refractivity contribution in [2.45, 2.75) is 26.3 Å². The number of aryl methyl sites for hydroxylation is 2. The number of amides is 1. The van der Waals surface area contributed by atoms with Gasteiger partial charge in [0, 0.05) is 20.1 Å². The SMILES string of the molecule is C=CCN(Cc1cccc(OC)c1)C(=O)c1cc(CCC)nn1C. The summed E-state index contributed by atoms with van der Waals surface area (Å²) in [7, 11) is 3.45. The fourth-order valence-electron chi connectivity index (χ4n) is 2.63. The summed E-state index contributed by atoms with van der Waals surface area (Å²) < 4.78 is 6.91. The van der Waals surface area contributed by atoms with Gasteiger partial charge in [0.05, 0.1) is 12.8 Å². The number of hydrogen-bond donors (Lipinski definition) is 0. The van der Waals surface area contributed by atoms with Gasteiger partial charge in [-0.1, -0.05) is 31.6 Å². The maximum absolute atomic E-state index is 12.9. The molecule has 0 saturated carbocycles. The Morgan fingerprint density at radius 2 is 2.21 bits per heavy atom. The Labute approximate surface area is 143 Å². The number of hydrogen-bond acceptors (Lipinski definition) is 3. The molecule has 0 saturated heterocycles. The minimum Gasteiger partial charge on any atom is -0.497 e. The topological polar surface area (TPSA) is 47.4 Å². The molecule has 0 bridgehead atoms. The minimum absolute atomic E-state index is 0.0462. The molecule has 1 heterocycles. The Morgan fingerprint density at radius 1 is 1.42 bits per heavy atom. The van der Waals surface area contributed by atoms with Crippen LogP contribution in [0, 0.1) is 0 Å². The van der Waals surface area contributed by atoms with E-state index in [-0.39, 0.29) is 5.91 Å². The predicted molar refractivity (Wildman–Crippen MR) is 95.1 cm³/mol. The van der Waals surface area contributed by atoms with Gasteiger partial charge in [-0.25, -0.2) is 0 Å². The lowest BCUT2D eigenvalue weighted by Crippen LogP contribution is -2.32. The number of aromatic nitrogens is 2. The summed E-state index contributed by atoms with van der Waals surface area (Å²) in [6.45, 7) is 6.84. The van der Waals surface area contributed by atoms with Crippen molar-refractivity contribution in [3.63, 3.8) is 0 Å². The van der Waals surface area contributed by atoms with E-state index < -0.39 is 0 Å². The van der Waals surface area contributed by atoms with Crippen LogP contribution in [0.25, 0.3) is 0 Å². The van der Waals surface area contributed by atoms with E-state index in [1.807, 2.05) is 37.4 Å². The molecule has 0 aliphatic rings. The second kappa shape index (κ2) is 8.34. The molecule has 5 heteroatoms. The van der Waals surface area contributed by atoms with Crippen LogP contribution in [0.4, 0.5) is 0 Å². The zero-order chi connectivity index (χ0) is 17.5. The van der Waals surface area contributed by atoms with Crippen molar-refractivity contribution in [3.8, 4) is 5.75 Å². The molecular formula is C19H25N3O2. The summed E-state index contributed by atoms with van der Waals surface area (Å²) in [6.07, 6.45) is 3.62. The van der Waals surface area contributed by atoms with Crippen LogP contribution in [0.2, 0.25) is 0 Å². The van der Waals surface area contributed by atoms with Gasteiger partial charge in [-0.15, -0.1) is 6.58 Å². The van der Waals surface area contributed by atoms with E-state index in [0.717, 1.165) is 29.8 Å². The molecule has 1 amide bonds. The fraction of sp³-hybridized carbons (Fsp3) is 0.368. The first-order valence-corrected chi connectivity index (χ1v) is 8.15. The maximum atomic E-state index is 12.9. The first-order chi connectivity index (χ1) is 11.6. The van der Waals surface area contributed by atoms with Gasteiger partial charge in [0.25, 0.3) is 5.91 Å². The lowest BCUT2D eigenvalue weighted by Gasteiger charge is -2.21. The summed E-state index contributed by atoms with van der Waals surface area (Å²) in [5.41, 5.74) is 2.56. The van der Waals surface area contributed by atoms with Crippen LogP contribution in [-0.4, -0.2) is 34.2 Å². The molecule has 2 rings (SSSR count). The average molecular weight is 327 g/mol. The first-order valence-electron chi connectivity index (χ1n) is 8.15. The minimum atomic E-state index is -0.0462. The first kappa shape index (κ1) is 17.8. The summed E-state index contributed by atoms with van der Waals surface area (Å²) in [6, 6.07) is 9.62. The fourth-order valence-corrected chi connectivity index (χ4v) is 2.63. The molecule has 0 aliphatic heterocycles. The van der Waals surface area contributed by atoms with Gasteiger partial charge in [0.1, 0.15) is 11.4 Å². The normalized spacial score (nSPS) is 10.5. The van der Waals surface area contributed by atoms with Crippen molar-refractivity contribution in [2.24, 2.45) is 7.05 Å². The zero-order valence-corrected chi connectivity index (χ0v) is 14.7. The summed E-state index contributed by atoms with van der Waals surface area (Å²) in [5, 5.41) is 4.42. The number of ether oxygens (including phenoxy) is 1. The van der Waals surface area contributed by atoms with E-state index in [1.54, 1.807) is 22.8 Å². The van der Waals surface area contributed by atoms with Crippen molar-refractivity contribution >= 4 is 5.91 Å². The molecule has 2 aromatic rings. The molecule has 0 aliphatic carbocycles. The standard InChI is InChI=1S/C19H25N3O2/c1-5-8-16-13-18(21(3)20-16)19(23)22(11-6-2)14-15-9-7-10-17(12-15)24-4/h6-7,9-10,12-13H,2,5,8,11,14H2,1,3-4H3. The predicted octanol–water partition coefficient (Wildman–Crippen LogP) is 3.21. The summed E-state index contributed by atoms with van der Waals surface area (Å²) in [5.74, 6) is 0.736. The monoisotopic (exact) mass is 327 g/mol. The second-order valence-electron chi connectivity index (χ2n) is 5.72. The van der Waals surface area contributed by atoms with E-state index in [4.69, 9.17) is 4.74 Å². The number of carbonyl (C=O) groups is 1. The third-order valence-corrected chi connectivity index (χ3v) is 3.80. The van der Waals surface area contributed by atoms with E-state index in [2.05, 4.69) is 18.6 Å². The van der Waals surface area contributed by atoms with Crippen LogP contribution in [0.3, 0.4) is 0 Å². The molecular weight excluding hydrogens is 302 g/mol. The number of nitrogens with zero attached hydrogens (tertiary/aromatic N) is 3. The highest BCUT2D eigenvalue weighted by Gasteiger charge is 2.19. The van der Waals surface area contributed by atoms with Crippen LogP contribution in [0.5, 0.6) is 5.75 Å². The molecule has 0 fully saturated rings. The molecule has 0 N–H and O–H groups in total. The van der Waals surface area contributed by atoms with Crippen molar-refractivity contribution in [3.05, 3.63) is 59.9 Å². The largest absolute Gasteiger partial charge is 0.497 e. The molecule has 0 spiro atoms. The van der Waals surface area contributed by atoms with E-state index in [1.165, 1.54) is 0 Å². The summed E-state index contributed by atoms with van der Waals surface area (Å²) in [4.78, 5) is 14.7. The van der Waals surface area contributed by atoms with E-state index in [0.29, 0.717) is 18.8 Å². The lowest BCUT2D eigenvalue weighted by molar-refractivity contribution is 0.0751. The molecule has 24 heavy (non-hydrogen) atoms. The lowest BCUT2D eigenvalue weighted by atomic mass is 10.2. The van der Waals surface area contributed by atoms with Crippen LogP contribution >= 0.6 is 0 Å². The summed E-state index contributed by atoms with van der Waals surface area (Å²) >= 11 is 0. The molecule has 5 nitrogen and oxygen atoms in total. The van der Waals surface area contributed by atoms with Crippen LogP contribution in [-0.2, 0) is 20.0 Å². The van der Waals surface area contributed by atoms with Gasteiger partial charge in [0.2, 0.25) is 0 Å². The van der Waals surface area contributed by atoms with E-state index in [9.17, 15) is 4.79 Å².